The van der Waals surface area contributed by atoms with Crippen LogP contribution in [0.3, 0.4) is 0 Å². The summed E-state index contributed by atoms with van der Waals surface area (Å²) in [6.07, 6.45) is 0. The van der Waals surface area contributed by atoms with Crippen LogP contribution in [-0.4, -0.2) is 11.9 Å². The van der Waals surface area contributed by atoms with Crippen molar-refractivity contribution in [2.75, 3.05) is 0 Å². The zero-order valence-electron chi connectivity index (χ0n) is 6.71. The SMILES string of the molecule is NC(=O)c1c(C(=O)[O-])ccc(F)c1F. The van der Waals surface area contributed by atoms with E-state index in [0.717, 1.165) is 0 Å². The maximum absolute atomic E-state index is 12.9. The van der Waals surface area contributed by atoms with Crippen LogP contribution in [0.1, 0.15) is 20.7 Å². The first-order valence-electron chi connectivity index (χ1n) is 3.44. The van der Waals surface area contributed by atoms with Crippen LogP contribution in [0.25, 0.3) is 0 Å². The molecule has 1 aromatic rings. The topological polar surface area (TPSA) is 83.2 Å². The average Bonchev–Trinajstić information content (AvgIpc) is 2.08. The zero-order valence-corrected chi connectivity index (χ0v) is 6.71. The Hall–Kier alpha value is -1.98. The van der Waals surface area contributed by atoms with E-state index in [1.807, 2.05) is 0 Å². The summed E-state index contributed by atoms with van der Waals surface area (Å²) in [5.41, 5.74) is 2.91. The van der Waals surface area contributed by atoms with Crippen LogP contribution in [0.15, 0.2) is 12.1 Å². The number of hydrogen-bond donors (Lipinski definition) is 1. The Morgan fingerprint density at radius 2 is 1.86 bits per heavy atom. The maximum atomic E-state index is 12.9. The van der Waals surface area contributed by atoms with E-state index in [2.05, 4.69) is 5.73 Å². The van der Waals surface area contributed by atoms with Crippen LogP contribution in [0.4, 0.5) is 8.78 Å². The lowest BCUT2D eigenvalue weighted by Crippen LogP contribution is -2.28. The molecule has 0 aliphatic rings. The second-order valence-electron chi connectivity index (χ2n) is 2.44. The summed E-state index contributed by atoms with van der Waals surface area (Å²) < 4.78 is 25.5. The van der Waals surface area contributed by atoms with Gasteiger partial charge in [0.2, 0.25) is 0 Å². The van der Waals surface area contributed by atoms with E-state index in [0.29, 0.717) is 12.1 Å². The van der Waals surface area contributed by atoms with Gasteiger partial charge >= 0.3 is 0 Å². The standard InChI is InChI=1S/C8H5F2NO3/c9-4-2-1-3(8(13)14)5(6(4)10)7(11)12/h1-2H,(H2,11,12)(H,13,14)/p-1. The van der Waals surface area contributed by atoms with Crippen molar-refractivity contribution in [2.24, 2.45) is 5.73 Å². The number of carboxylic acids is 1. The molecule has 0 aromatic heterocycles. The van der Waals surface area contributed by atoms with Crippen molar-refractivity contribution in [1.29, 1.82) is 0 Å². The highest BCUT2D eigenvalue weighted by Crippen LogP contribution is 2.15. The molecule has 0 fully saturated rings. The number of benzene rings is 1. The fraction of sp³-hybridized carbons (Fsp3) is 0. The lowest BCUT2D eigenvalue weighted by Gasteiger charge is -2.08. The molecule has 0 radical (unpaired) electrons. The monoisotopic (exact) mass is 200 g/mol. The lowest BCUT2D eigenvalue weighted by molar-refractivity contribution is -0.255. The van der Waals surface area contributed by atoms with E-state index in [4.69, 9.17) is 0 Å². The summed E-state index contributed by atoms with van der Waals surface area (Å²) in [5.74, 6) is -6.08. The van der Waals surface area contributed by atoms with Crippen molar-refractivity contribution < 1.29 is 23.5 Å². The van der Waals surface area contributed by atoms with Gasteiger partial charge in [0.25, 0.3) is 5.91 Å². The first-order valence-corrected chi connectivity index (χ1v) is 3.44. The lowest BCUT2D eigenvalue weighted by atomic mass is 10.1. The third-order valence-corrected chi connectivity index (χ3v) is 1.56. The molecule has 0 saturated heterocycles. The predicted molar refractivity (Wildman–Crippen MR) is 39.2 cm³/mol. The molecule has 2 N–H and O–H groups in total. The van der Waals surface area contributed by atoms with E-state index in [1.165, 1.54) is 0 Å². The van der Waals surface area contributed by atoms with E-state index in [1.54, 1.807) is 0 Å². The Balaban J connectivity index is 3.53. The third-order valence-electron chi connectivity index (χ3n) is 1.56. The second kappa shape index (κ2) is 3.41. The third kappa shape index (κ3) is 1.54. The van der Waals surface area contributed by atoms with Crippen molar-refractivity contribution >= 4 is 11.9 Å². The molecule has 0 unspecified atom stereocenters. The molecule has 0 spiro atoms. The minimum atomic E-state index is -1.79. The highest BCUT2D eigenvalue weighted by atomic mass is 19.2. The van der Waals surface area contributed by atoms with Gasteiger partial charge in [-0.15, -0.1) is 0 Å². The first kappa shape index (κ1) is 10.1. The van der Waals surface area contributed by atoms with Crippen molar-refractivity contribution in [2.45, 2.75) is 0 Å². The number of carboxylic acid groups (broad SMARTS) is 1. The molecule has 0 aliphatic heterocycles. The molecule has 0 atom stereocenters. The maximum Gasteiger partial charge on any atom is 0.252 e. The molecule has 4 nitrogen and oxygen atoms in total. The second-order valence-corrected chi connectivity index (χ2v) is 2.44. The van der Waals surface area contributed by atoms with Gasteiger partial charge in [0.1, 0.15) is 0 Å². The van der Waals surface area contributed by atoms with Crippen LogP contribution in [0.2, 0.25) is 0 Å². The van der Waals surface area contributed by atoms with E-state index >= 15 is 0 Å². The van der Waals surface area contributed by atoms with Gasteiger partial charge in [-0.3, -0.25) is 4.79 Å². The summed E-state index contributed by atoms with van der Waals surface area (Å²) in [6.45, 7) is 0. The van der Waals surface area contributed by atoms with Crippen molar-refractivity contribution in [3.8, 4) is 0 Å². The average molecular weight is 200 g/mol. The minimum absolute atomic E-state index is 0.576. The largest absolute Gasteiger partial charge is 0.545 e. The number of aromatic carboxylic acids is 1. The molecule has 74 valence electrons. The Morgan fingerprint density at radius 1 is 1.29 bits per heavy atom. The number of carbonyl (C=O) groups is 2. The highest BCUT2D eigenvalue weighted by molar-refractivity contribution is 6.03. The molecule has 1 aromatic carbocycles. The molecule has 14 heavy (non-hydrogen) atoms. The van der Waals surface area contributed by atoms with Gasteiger partial charge in [-0.25, -0.2) is 8.78 Å². The molecule has 0 bridgehead atoms. The van der Waals surface area contributed by atoms with Gasteiger partial charge < -0.3 is 15.6 Å². The van der Waals surface area contributed by atoms with Gasteiger partial charge in [-0.2, -0.15) is 0 Å². The molecule has 1 amide bonds. The summed E-state index contributed by atoms with van der Waals surface area (Å²) >= 11 is 0. The number of halogens is 2. The van der Waals surface area contributed by atoms with Crippen LogP contribution >= 0.6 is 0 Å². The van der Waals surface area contributed by atoms with Gasteiger partial charge in [0, 0.05) is 5.56 Å². The molecular weight excluding hydrogens is 196 g/mol. The van der Waals surface area contributed by atoms with Crippen molar-refractivity contribution in [3.63, 3.8) is 0 Å². The Morgan fingerprint density at radius 3 is 2.29 bits per heavy atom. The van der Waals surface area contributed by atoms with Crippen LogP contribution < -0.4 is 10.8 Å². The van der Waals surface area contributed by atoms with Crippen LogP contribution in [0, 0.1) is 11.6 Å². The van der Waals surface area contributed by atoms with Gasteiger partial charge in [0.15, 0.2) is 11.6 Å². The number of nitrogens with two attached hydrogens (primary N) is 1. The summed E-state index contributed by atoms with van der Waals surface area (Å²) in [4.78, 5) is 21.0. The smallest absolute Gasteiger partial charge is 0.252 e. The van der Waals surface area contributed by atoms with E-state index in [9.17, 15) is 23.5 Å². The fourth-order valence-corrected chi connectivity index (χ4v) is 0.962. The number of rotatable bonds is 2. The number of amides is 1. The summed E-state index contributed by atoms with van der Waals surface area (Å²) in [6, 6.07) is 1.29. The van der Waals surface area contributed by atoms with Gasteiger partial charge in [-0.05, 0) is 12.1 Å². The summed E-state index contributed by atoms with van der Waals surface area (Å²) in [7, 11) is 0. The quantitative estimate of drug-likeness (QED) is 0.693. The van der Waals surface area contributed by atoms with Crippen LogP contribution in [0.5, 0.6) is 0 Å². The van der Waals surface area contributed by atoms with E-state index in [-0.39, 0.29) is 0 Å². The number of primary amides is 1. The van der Waals surface area contributed by atoms with Crippen LogP contribution in [-0.2, 0) is 0 Å². The molecule has 6 heteroatoms. The molecule has 1 rings (SSSR count). The summed E-state index contributed by atoms with van der Waals surface area (Å²) in [5, 5.41) is 10.4. The highest BCUT2D eigenvalue weighted by Gasteiger charge is 2.18. The fourth-order valence-electron chi connectivity index (χ4n) is 0.962. The predicted octanol–water partition coefficient (Wildman–Crippen LogP) is -0.573. The Bertz CT molecular complexity index is 417. The van der Waals surface area contributed by atoms with Gasteiger partial charge in [-0.1, -0.05) is 0 Å². The molecule has 0 saturated carbocycles. The van der Waals surface area contributed by atoms with Crippen molar-refractivity contribution in [1.82, 2.24) is 0 Å². The Kier molecular flexibility index (Phi) is 2.46. The van der Waals surface area contributed by atoms with Gasteiger partial charge in [0.05, 0.1) is 11.5 Å². The first-order chi connectivity index (χ1) is 6.45. The van der Waals surface area contributed by atoms with E-state index < -0.39 is 34.6 Å². The number of carbonyl (C=O) groups excluding carboxylic acids is 2. The zero-order chi connectivity index (χ0) is 10.9. The minimum Gasteiger partial charge on any atom is -0.545 e. The molecule has 0 aliphatic carbocycles. The number of hydrogen-bond acceptors (Lipinski definition) is 3. The molecular formula is C8H4F2NO3-. The Labute approximate surface area is 76.9 Å². The normalized spacial score (nSPS) is 9.86. The molecule has 0 heterocycles. The van der Waals surface area contributed by atoms with Crippen molar-refractivity contribution in [3.05, 3.63) is 34.9 Å².